The summed E-state index contributed by atoms with van der Waals surface area (Å²) in [4.78, 5) is 5.90. The molecule has 6 atom stereocenters. The first-order valence-corrected chi connectivity index (χ1v) is 14.1. The number of benzene rings is 1. The van der Waals surface area contributed by atoms with Crippen LogP contribution in [-0.4, -0.2) is 60.9 Å². The molecule has 0 N–H and O–H groups in total. The summed E-state index contributed by atoms with van der Waals surface area (Å²) in [5.74, 6) is -1.07. The first-order valence-electron chi connectivity index (χ1n) is 14.1. The second-order valence-electron chi connectivity index (χ2n) is 11.3. The lowest BCUT2D eigenvalue weighted by Gasteiger charge is -2.36. The summed E-state index contributed by atoms with van der Waals surface area (Å²) in [5, 5.41) is 4.38. The van der Waals surface area contributed by atoms with Gasteiger partial charge in [0.15, 0.2) is 17.9 Å². The first-order chi connectivity index (χ1) is 18.1. The molecule has 0 aromatic heterocycles. The van der Waals surface area contributed by atoms with E-state index in [9.17, 15) is 0 Å². The number of allylic oxidation sites excluding steroid dienone is 1. The number of oxime groups is 1. The third kappa shape index (κ3) is 4.56. The fourth-order valence-corrected chi connectivity index (χ4v) is 6.75. The highest BCUT2D eigenvalue weighted by molar-refractivity contribution is 6.09. The molecular formula is C29H37NO7. The molecule has 2 saturated carbocycles. The van der Waals surface area contributed by atoms with Crippen molar-refractivity contribution in [1.82, 2.24) is 0 Å². The predicted octanol–water partition coefficient (Wildman–Crippen LogP) is 4.96. The van der Waals surface area contributed by atoms with E-state index in [1.54, 1.807) is 0 Å². The molecule has 2 spiro atoms. The zero-order chi connectivity index (χ0) is 24.9. The van der Waals surface area contributed by atoms with Crippen LogP contribution in [-0.2, 0) is 33.3 Å². The highest BCUT2D eigenvalue weighted by atomic mass is 16.9. The van der Waals surface area contributed by atoms with E-state index in [-0.39, 0.29) is 18.3 Å². The van der Waals surface area contributed by atoms with Crippen LogP contribution in [0.25, 0.3) is 0 Å². The fourth-order valence-electron chi connectivity index (χ4n) is 6.75. The molecule has 0 bridgehead atoms. The normalized spacial score (nSPS) is 38.3. The Morgan fingerprint density at radius 2 is 1.57 bits per heavy atom. The van der Waals surface area contributed by atoms with E-state index < -0.39 is 30.3 Å². The molecule has 4 aliphatic heterocycles. The summed E-state index contributed by atoms with van der Waals surface area (Å²) in [5.41, 5.74) is 2.72. The maximum absolute atomic E-state index is 6.64. The monoisotopic (exact) mass is 511 g/mol. The lowest BCUT2D eigenvalue weighted by Crippen LogP contribution is -2.47. The molecule has 0 amide bonds. The third-order valence-corrected chi connectivity index (χ3v) is 8.70. The van der Waals surface area contributed by atoms with E-state index in [0.29, 0.717) is 6.61 Å². The molecule has 200 valence electrons. The van der Waals surface area contributed by atoms with Gasteiger partial charge in [0.1, 0.15) is 30.1 Å². The maximum Gasteiger partial charge on any atom is 0.249 e. The number of hydrogen-bond donors (Lipinski definition) is 0. The van der Waals surface area contributed by atoms with Crippen LogP contribution in [0.5, 0.6) is 0 Å². The van der Waals surface area contributed by atoms with E-state index in [0.717, 1.165) is 68.2 Å². The third-order valence-electron chi connectivity index (χ3n) is 8.70. The van der Waals surface area contributed by atoms with Crippen molar-refractivity contribution in [2.24, 2.45) is 5.16 Å². The van der Waals surface area contributed by atoms with E-state index >= 15 is 0 Å². The SMILES string of the molecule is CC1=CC(c2ccccc2)=NO[C@@H]1O[C@@H]1[C@H]2OC3(CCCCC3)O[C@H]2O[C@@H]1[C@H]1COC2(CCCCC2)O1. The van der Waals surface area contributed by atoms with Gasteiger partial charge in [-0.3, -0.25) is 0 Å². The van der Waals surface area contributed by atoms with Crippen LogP contribution in [0.3, 0.4) is 0 Å². The smallest absolute Gasteiger partial charge is 0.249 e. The van der Waals surface area contributed by atoms with Crippen molar-refractivity contribution in [2.75, 3.05) is 6.61 Å². The van der Waals surface area contributed by atoms with E-state index in [4.69, 9.17) is 33.3 Å². The van der Waals surface area contributed by atoms with Crippen molar-refractivity contribution in [3.63, 3.8) is 0 Å². The van der Waals surface area contributed by atoms with Crippen LogP contribution in [0.4, 0.5) is 0 Å². The van der Waals surface area contributed by atoms with E-state index in [1.165, 1.54) is 12.8 Å². The highest BCUT2D eigenvalue weighted by Gasteiger charge is 2.62. The number of nitrogens with zero attached hydrogens (tertiary/aromatic N) is 1. The summed E-state index contributed by atoms with van der Waals surface area (Å²) < 4.78 is 39.1. The van der Waals surface area contributed by atoms with Gasteiger partial charge in [-0.25, -0.2) is 0 Å². The Balaban J connectivity index is 1.11. The van der Waals surface area contributed by atoms with Gasteiger partial charge >= 0.3 is 0 Å². The molecule has 7 rings (SSSR count). The molecule has 5 fully saturated rings. The van der Waals surface area contributed by atoms with Crippen molar-refractivity contribution >= 4 is 5.71 Å². The summed E-state index contributed by atoms with van der Waals surface area (Å²) in [7, 11) is 0. The Morgan fingerprint density at radius 3 is 2.30 bits per heavy atom. The molecule has 37 heavy (non-hydrogen) atoms. The minimum Gasteiger partial charge on any atom is -0.358 e. The predicted molar refractivity (Wildman–Crippen MR) is 134 cm³/mol. The number of fused-ring (bicyclic) bond motifs is 1. The van der Waals surface area contributed by atoms with Gasteiger partial charge in [-0.05, 0) is 44.3 Å². The fraction of sp³-hybridized carbons (Fsp3) is 0.690. The molecule has 8 nitrogen and oxygen atoms in total. The Bertz CT molecular complexity index is 1030. The zero-order valence-corrected chi connectivity index (χ0v) is 21.5. The second kappa shape index (κ2) is 9.74. The van der Waals surface area contributed by atoms with Gasteiger partial charge in [-0.2, -0.15) is 0 Å². The van der Waals surface area contributed by atoms with Gasteiger partial charge in [-0.1, -0.05) is 48.3 Å². The van der Waals surface area contributed by atoms with Gasteiger partial charge in [0, 0.05) is 31.2 Å². The quantitative estimate of drug-likeness (QED) is 0.566. The minimum absolute atomic E-state index is 0.250. The van der Waals surface area contributed by atoms with Crippen LogP contribution < -0.4 is 0 Å². The Labute approximate surface area is 218 Å². The van der Waals surface area contributed by atoms with Crippen molar-refractivity contribution in [2.45, 2.75) is 120 Å². The number of rotatable bonds is 4. The van der Waals surface area contributed by atoms with E-state index in [1.807, 2.05) is 43.3 Å². The molecule has 2 aliphatic carbocycles. The Morgan fingerprint density at radius 1 is 0.838 bits per heavy atom. The van der Waals surface area contributed by atoms with Crippen molar-refractivity contribution in [1.29, 1.82) is 0 Å². The summed E-state index contributed by atoms with van der Waals surface area (Å²) in [6, 6.07) is 10.0. The van der Waals surface area contributed by atoms with Crippen LogP contribution >= 0.6 is 0 Å². The maximum atomic E-state index is 6.64. The average molecular weight is 512 g/mol. The van der Waals surface area contributed by atoms with Crippen molar-refractivity contribution < 1.29 is 33.3 Å². The second-order valence-corrected chi connectivity index (χ2v) is 11.3. The molecule has 6 aliphatic rings. The molecule has 0 unspecified atom stereocenters. The van der Waals surface area contributed by atoms with Crippen LogP contribution in [0.15, 0.2) is 47.1 Å². The number of hydrogen-bond acceptors (Lipinski definition) is 8. The topological polar surface area (TPSA) is 77.0 Å². The minimum atomic E-state index is -0.639. The molecule has 1 aromatic carbocycles. The van der Waals surface area contributed by atoms with Crippen molar-refractivity contribution in [3.05, 3.63) is 47.5 Å². The van der Waals surface area contributed by atoms with Crippen LogP contribution in [0.1, 0.15) is 76.7 Å². The van der Waals surface area contributed by atoms with Gasteiger partial charge in [0.25, 0.3) is 0 Å². The standard InChI is InChI=1S/C29H37NO7/c1-19-17-21(20-11-5-2-6-12-20)30-37-26(19)33-24-23(22-18-31-28(34-22)13-7-3-8-14-28)32-27-25(24)35-29(36-27)15-9-4-10-16-29/h2,5-6,11-12,17,22-27H,3-4,7-10,13-16,18H2,1H3/t22-,23-,24+,25-,26+,27-/m1/s1. The molecule has 0 radical (unpaired) electrons. The van der Waals surface area contributed by atoms with Gasteiger partial charge < -0.3 is 33.3 Å². The molecular weight excluding hydrogens is 474 g/mol. The molecule has 3 saturated heterocycles. The zero-order valence-electron chi connectivity index (χ0n) is 21.5. The Hall–Kier alpha value is -1.81. The molecule has 8 heteroatoms. The lowest BCUT2D eigenvalue weighted by molar-refractivity contribution is -0.272. The van der Waals surface area contributed by atoms with Crippen molar-refractivity contribution in [3.8, 4) is 0 Å². The molecule has 1 aromatic rings. The van der Waals surface area contributed by atoms with Gasteiger partial charge in [0.2, 0.25) is 6.29 Å². The largest absolute Gasteiger partial charge is 0.358 e. The summed E-state index contributed by atoms with van der Waals surface area (Å²) in [6.07, 6.45) is 9.99. The van der Waals surface area contributed by atoms with Crippen LogP contribution in [0.2, 0.25) is 0 Å². The lowest BCUT2D eigenvalue weighted by atomic mass is 9.94. The number of ether oxygens (including phenoxy) is 6. The van der Waals surface area contributed by atoms with E-state index in [2.05, 4.69) is 5.16 Å². The highest BCUT2D eigenvalue weighted by Crippen LogP contribution is 2.48. The average Bonchev–Trinajstić information content (AvgIpc) is 3.58. The summed E-state index contributed by atoms with van der Waals surface area (Å²) in [6.45, 7) is 2.48. The first kappa shape index (κ1) is 24.2. The van der Waals surface area contributed by atoms with Gasteiger partial charge in [0.05, 0.1) is 6.61 Å². The Kier molecular flexibility index (Phi) is 6.38. The van der Waals surface area contributed by atoms with Gasteiger partial charge in [-0.15, -0.1) is 0 Å². The summed E-state index contributed by atoms with van der Waals surface area (Å²) >= 11 is 0. The molecule has 4 heterocycles. The van der Waals surface area contributed by atoms with Crippen LogP contribution in [0, 0.1) is 0 Å².